The van der Waals surface area contributed by atoms with Gasteiger partial charge in [0, 0.05) is 0 Å². The fourth-order valence-electron chi connectivity index (χ4n) is 6.69. The second kappa shape index (κ2) is 16.9. The van der Waals surface area contributed by atoms with E-state index in [-0.39, 0.29) is 21.7 Å². The molecule has 0 heterocycles. The van der Waals surface area contributed by atoms with Crippen LogP contribution in [0.15, 0.2) is 48.6 Å². The largest absolute Gasteiger partial charge is 0.328 e. The Morgan fingerprint density at radius 1 is 0.553 bits per heavy atom. The Hall–Kier alpha value is -1.51. The maximum Gasteiger partial charge on any atom is 0.328 e. The lowest BCUT2D eigenvalue weighted by atomic mass is 9.67. The molecule has 0 aliphatic rings. The fourth-order valence-corrected chi connectivity index (χ4v) is 7.26. The van der Waals surface area contributed by atoms with Crippen molar-refractivity contribution in [3.05, 3.63) is 81.9 Å². The molecular formula is C43H71O3P. The summed E-state index contributed by atoms with van der Waals surface area (Å²) in [4.78, 5) is 21.6. The van der Waals surface area contributed by atoms with Crippen molar-refractivity contribution in [1.29, 1.82) is 0 Å². The highest BCUT2D eigenvalue weighted by Crippen LogP contribution is 2.54. The minimum absolute atomic E-state index is 0.0411. The molecule has 0 radical (unpaired) electrons. The molecule has 0 aliphatic carbocycles. The maximum atomic E-state index is 10.8. The minimum atomic E-state index is -2.72. The van der Waals surface area contributed by atoms with Gasteiger partial charge in [-0.25, -0.2) is 0 Å². The Bertz CT molecular complexity index is 1200. The molecule has 2 aromatic carbocycles. The summed E-state index contributed by atoms with van der Waals surface area (Å²) in [6, 6.07) is 13.4. The molecule has 266 valence electrons. The molecule has 0 bridgehead atoms. The molecule has 0 unspecified atom stereocenters. The van der Waals surface area contributed by atoms with Crippen LogP contribution >= 0.6 is 8.60 Å². The predicted octanol–water partition coefficient (Wildman–Crippen LogP) is 13.2. The van der Waals surface area contributed by atoms with E-state index in [9.17, 15) is 9.79 Å². The van der Waals surface area contributed by atoms with Gasteiger partial charge in [0.2, 0.25) is 0 Å². The summed E-state index contributed by atoms with van der Waals surface area (Å²) in [5.74, 6) is 0. The number of unbranched alkanes of at least 4 members (excludes halogenated alkanes) is 9. The third kappa shape index (κ3) is 11.5. The van der Waals surface area contributed by atoms with Gasteiger partial charge in [-0.05, 0) is 73.5 Å². The quantitative estimate of drug-likeness (QED) is 0.106. The highest BCUT2D eigenvalue weighted by Gasteiger charge is 2.46. The van der Waals surface area contributed by atoms with Crippen molar-refractivity contribution >= 4 is 8.60 Å². The third-order valence-electron chi connectivity index (χ3n) is 9.69. The van der Waals surface area contributed by atoms with E-state index in [0.717, 1.165) is 47.1 Å². The Labute approximate surface area is 292 Å². The van der Waals surface area contributed by atoms with Crippen LogP contribution in [0.1, 0.15) is 194 Å². The van der Waals surface area contributed by atoms with Crippen LogP contribution in [0.2, 0.25) is 0 Å². The number of benzene rings is 2. The molecule has 0 spiro atoms. The van der Waals surface area contributed by atoms with Crippen molar-refractivity contribution < 1.29 is 14.3 Å². The molecule has 47 heavy (non-hydrogen) atoms. The van der Waals surface area contributed by atoms with Crippen LogP contribution < -0.4 is 0 Å². The lowest BCUT2D eigenvalue weighted by Gasteiger charge is -2.43. The van der Waals surface area contributed by atoms with Crippen molar-refractivity contribution in [2.45, 2.75) is 188 Å². The topological polar surface area (TPSA) is 49.7 Å². The zero-order chi connectivity index (χ0) is 35.8. The molecule has 0 saturated carbocycles. The van der Waals surface area contributed by atoms with Gasteiger partial charge in [-0.3, -0.25) is 4.52 Å². The Morgan fingerprint density at radius 2 is 0.915 bits per heavy atom. The molecule has 0 fully saturated rings. The number of rotatable bonds is 16. The van der Waals surface area contributed by atoms with Crippen molar-refractivity contribution in [2.75, 3.05) is 0 Å². The molecule has 2 N–H and O–H groups in total. The summed E-state index contributed by atoms with van der Waals surface area (Å²) in [5.41, 5.74) is 5.80. The number of hydrogen-bond acceptors (Lipinski definition) is 3. The van der Waals surface area contributed by atoms with Gasteiger partial charge in [-0.15, -0.1) is 0 Å². The molecule has 0 saturated heterocycles. The van der Waals surface area contributed by atoms with E-state index in [1.807, 2.05) is 0 Å². The third-order valence-corrected chi connectivity index (χ3v) is 10.1. The highest BCUT2D eigenvalue weighted by molar-refractivity contribution is 7.39. The Balaban J connectivity index is 2.77. The van der Waals surface area contributed by atoms with Crippen LogP contribution in [-0.2, 0) is 31.8 Å². The summed E-state index contributed by atoms with van der Waals surface area (Å²) in [6.45, 7) is 33.9. The smallest absolute Gasteiger partial charge is 0.328 e. The summed E-state index contributed by atoms with van der Waals surface area (Å²) in [6.07, 6.45) is 13.3. The van der Waals surface area contributed by atoms with Crippen LogP contribution in [0.4, 0.5) is 0 Å². The first-order valence-electron chi connectivity index (χ1n) is 18.4. The summed E-state index contributed by atoms with van der Waals surface area (Å²) in [7, 11) is -2.72. The molecule has 4 heteroatoms. The van der Waals surface area contributed by atoms with Crippen LogP contribution in [0.3, 0.4) is 0 Å². The Morgan fingerprint density at radius 3 is 1.23 bits per heavy atom. The maximum absolute atomic E-state index is 10.8. The monoisotopic (exact) mass is 667 g/mol. The highest BCUT2D eigenvalue weighted by atomic mass is 31.2. The van der Waals surface area contributed by atoms with E-state index in [4.69, 9.17) is 11.1 Å². The average molecular weight is 667 g/mol. The first-order chi connectivity index (χ1) is 21.6. The molecule has 0 aliphatic heterocycles. The number of hydrogen-bond donors (Lipinski definition) is 2. The molecule has 0 atom stereocenters. The zero-order valence-electron chi connectivity index (χ0n) is 32.7. The van der Waals surface area contributed by atoms with Crippen molar-refractivity contribution in [3.8, 4) is 0 Å². The molecule has 0 amide bonds. The average Bonchev–Trinajstić information content (AvgIpc) is 2.94. The second-order valence-corrected chi connectivity index (χ2v) is 18.8. The van der Waals surface area contributed by atoms with Gasteiger partial charge < -0.3 is 9.79 Å². The first kappa shape index (κ1) is 41.7. The minimum Gasteiger partial charge on any atom is -0.328 e. The van der Waals surface area contributed by atoms with E-state index < -0.39 is 14.2 Å². The van der Waals surface area contributed by atoms with E-state index in [0.29, 0.717) is 0 Å². The lowest BCUT2D eigenvalue weighted by Crippen LogP contribution is -2.38. The van der Waals surface area contributed by atoms with Gasteiger partial charge in [0.15, 0.2) is 0 Å². The van der Waals surface area contributed by atoms with Crippen LogP contribution in [-0.4, -0.2) is 9.79 Å². The summed E-state index contributed by atoms with van der Waals surface area (Å²) < 4.78 is 6.61. The van der Waals surface area contributed by atoms with Crippen LogP contribution in [0.25, 0.3) is 0 Å². The van der Waals surface area contributed by atoms with Crippen molar-refractivity contribution in [2.24, 2.45) is 0 Å². The van der Waals surface area contributed by atoms with E-state index in [2.05, 4.69) is 126 Å². The molecule has 0 aromatic heterocycles. The standard InChI is InChI=1S/C43H71O3P/c1-15-16-17-18-19-20-21-22-23-24-25-32(2)43(46-47(44)45,35-28-26-33(39(3,4)5)30-37(35)41(9,10)11)36-29-27-34(40(6,7)8)31-38(36)42(12,13)14/h26-31,44-45H,2,15-25H2,1,3-14H3. The normalized spacial score (nSPS) is 13.4. The van der Waals surface area contributed by atoms with Gasteiger partial charge in [-0.2, -0.15) is 0 Å². The molecule has 2 aromatic rings. The SMILES string of the molecule is C=C(CCCCCCCCCCCC)C(OP(O)O)(c1ccc(C(C)(C)C)cc1C(C)(C)C)c1ccc(C(C)(C)C)cc1C(C)(C)C. The van der Waals surface area contributed by atoms with Gasteiger partial charge in [0.25, 0.3) is 0 Å². The van der Waals surface area contributed by atoms with E-state index in [1.54, 1.807) is 0 Å². The van der Waals surface area contributed by atoms with Crippen LogP contribution in [0.5, 0.6) is 0 Å². The van der Waals surface area contributed by atoms with Gasteiger partial charge in [0.05, 0.1) is 0 Å². The van der Waals surface area contributed by atoms with E-state index in [1.165, 1.54) is 62.5 Å². The first-order valence-corrected chi connectivity index (χ1v) is 19.6. The van der Waals surface area contributed by atoms with Crippen molar-refractivity contribution in [3.63, 3.8) is 0 Å². The van der Waals surface area contributed by atoms with Crippen LogP contribution in [0, 0.1) is 0 Å². The molecule has 2 rings (SSSR count). The second-order valence-electron chi connectivity index (χ2n) is 18.1. The molecular weight excluding hydrogens is 595 g/mol. The predicted molar refractivity (Wildman–Crippen MR) is 207 cm³/mol. The van der Waals surface area contributed by atoms with Gasteiger partial charge in [-0.1, -0.05) is 191 Å². The van der Waals surface area contributed by atoms with Crippen molar-refractivity contribution in [1.82, 2.24) is 0 Å². The molecule has 3 nitrogen and oxygen atoms in total. The fraction of sp³-hybridized carbons (Fsp3) is 0.674. The lowest BCUT2D eigenvalue weighted by molar-refractivity contribution is 0.118. The zero-order valence-corrected chi connectivity index (χ0v) is 33.6. The Kier molecular flexibility index (Phi) is 15.0. The van der Waals surface area contributed by atoms with Gasteiger partial charge >= 0.3 is 8.60 Å². The summed E-state index contributed by atoms with van der Waals surface area (Å²) >= 11 is 0. The van der Waals surface area contributed by atoms with E-state index >= 15 is 0 Å². The van der Waals surface area contributed by atoms with Gasteiger partial charge in [0.1, 0.15) is 5.60 Å². The summed E-state index contributed by atoms with van der Waals surface area (Å²) in [5, 5.41) is 0.